The molecule has 12 heteroatoms. The molecule has 2 atom stereocenters. The molecular formula is C19H15F3N6O3. The summed E-state index contributed by atoms with van der Waals surface area (Å²) in [5.41, 5.74) is 1.21. The topological polar surface area (TPSA) is 106 Å². The van der Waals surface area contributed by atoms with E-state index in [-0.39, 0.29) is 23.6 Å². The Morgan fingerprint density at radius 3 is 2.71 bits per heavy atom. The SMILES string of the molecule is C=Cn1nnc(-c2ccc(-c3ccc(N4C[C@@H](C(O)C(F)F)OC4=O)cc3F)cn2)n1. The number of aliphatic hydroxyl groups is 1. The molecule has 31 heavy (non-hydrogen) atoms. The standard InChI is InChI=1S/C19H15F3N6O3/c1-2-28-25-18(24-26-28)14-6-3-10(8-23-14)12-5-4-11(7-13(12)20)27-9-15(31-19(27)30)16(29)17(21)22/h2-8,15-17,29H,1,9H2/t15-,16?/m0/s1. The van der Waals surface area contributed by atoms with Crippen molar-refractivity contribution in [3.8, 4) is 22.6 Å². The van der Waals surface area contributed by atoms with Gasteiger partial charge < -0.3 is 9.84 Å². The number of hydrogen-bond acceptors (Lipinski definition) is 7. The zero-order chi connectivity index (χ0) is 22.1. The minimum absolute atomic E-state index is 0.116. The first-order valence-corrected chi connectivity index (χ1v) is 9.00. The van der Waals surface area contributed by atoms with Crippen molar-refractivity contribution in [1.82, 2.24) is 25.2 Å². The molecule has 4 rings (SSSR count). The van der Waals surface area contributed by atoms with E-state index in [1.807, 2.05) is 0 Å². The van der Waals surface area contributed by atoms with Gasteiger partial charge in [-0.2, -0.15) is 0 Å². The van der Waals surface area contributed by atoms with E-state index in [2.05, 4.69) is 27.0 Å². The molecule has 0 spiro atoms. The predicted molar refractivity (Wildman–Crippen MR) is 102 cm³/mol. The van der Waals surface area contributed by atoms with Crippen LogP contribution in [0.2, 0.25) is 0 Å². The Bertz CT molecular complexity index is 1120. The molecule has 1 aliphatic rings. The number of benzene rings is 1. The molecule has 1 aliphatic heterocycles. The average molecular weight is 432 g/mol. The van der Waals surface area contributed by atoms with Gasteiger partial charge in [-0.3, -0.25) is 9.88 Å². The van der Waals surface area contributed by atoms with Crippen molar-refractivity contribution in [3.05, 3.63) is 48.9 Å². The van der Waals surface area contributed by atoms with Crippen LogP contribution in [0.5, 0.6) is 0 Å². The first-order chi connectivity index (χ1) is 14.9. The van der Waals surface area contributed by atoms with Crippen molar-refractivity contribution < 1.29 is 27.8 Å². The van der Waals surface area contributed by atoms with E-state index in [0.29, 0.717) is 11.3 Å². The van der Waals surface area contributed by atoms with Crippen LogP contribution >= 0.6 is 0 Å². The van der Waals surface area contributed by atoms with E-state index < -0.39 is 30.5 Å². The number of aromatic nitrogens is 5. The second-order valence-corrected chi connectivity index (χ2v) is 6.57. The molecule has 9 nitrogen and oxygen atoms in total. The van der Waals surface area contributed by atoms with E-state index in [4.69, 9.17) is 4.74 Å². The van der Waals surface area contributed by atoms with Crippen molar-refractivity contribution in [1.29, 1.82) is 0 Å². The van der Waals surface area contributed by atoms with Gasteiger partial charge in [0.05, 0.1) is 12.2 Å². The lowest BCUT2D eigenvalue weighted by molar-refractivity contribution is -0.0641. The summed E-state index contributed by atoms with van der Waals surface area (Å²) in [5, 5.41) is 21.0. The largest absolute Gasteiger partial charge is 0.441 e. The van der Waals surface area contributed by atoms with Crippen molar-refractivity contribution >= 4 is 18.0 Å². The molecule has 1 N–H and O–H groups in total. The molecule has 160 valence electrons. The third kappa shape index (κ3) is 3.97. The fourth-order valence-electron chi connectivity index (χ4n) is 3.03. The smallest absolute Gasteiger partial charge is 0.414 e. The normalized spacial score (nSPS) is 17.1. The lowest BCUT2D eigenvalue weighted by Crippen LogP contribution is -2.36. The quantitative estimate of drug-likeness (QED) is 0.638. The summed E-state index contributed by atoms with van der Waals surface area (Å²) in [7, 11) is 0. The van der Waals surface area contributed by atoms with Gasteiger partial charge in [0.2, 0.25) is 5.82 Å². The third-order valence-electron chi connectivity index (χ3n) is 4.63. The Labute approximate surface area is 173 Å². The van der Waals surface area contributed by atoms with Crippen molar-refractivity contribution in [2.24, 2.45) is 0 Å². The summed E-state index contributed by atoms with van der Waals surface area (Å²) < 4.78 is 44.8. The fraction of sp³-hybridized carbons (Fsp3) is 0.211. The van der Waals surface area contributed by atoms with E-state index in [1.54, 1.807) is 12.1 Å². The van der Waals surface area contributed by atoms with Crippen LogP contribution in [0.3, 0.4) is 0 Å². The van der Waals surface area contributed by atoms with Crippen LogP contribution in [-0.2, 0) is 4.74 Å². The number of ether oxygens (including phenoxy) is 1. The number of nitrogens with zero attached hydrogens (tertiary/aromatic N) is 6. The second-order valence-electron chi connectivity index (χ2n) is 6.57. The Hall–Kier alpha value is -3.80. The second kappa shape index (κ2) is 8.14. The number of rotatable bonds is 6. The number of cyclic esters (lactones) is 1. The highest BCUT2D eigenvalue weighted by molar-refractivity contribution is 5.90. The fourth-order valence-corrected chi connectivity index (χ4v) is 3.03. The molecule has 2 aromatic heterocycles. The molecule has 3 heterocycles. The van der Waals surface area contributed by atoms with Gasteiger partial charge >= 0.3 is 6.09 Å². The maximum Gasteiger partial charge on any atom is 0.414 e. The summed E-state index contributed by atoms with van der Waals surface area (Å²) in [6, 6.07) is 7.17. The minimum Gasteiger partial charge on any atom is -0.441 e. The molecule has 0 radical (unpaired) electrons. The first kappa shape index (κ1) is 20.5. The van der Waals surface area contributed by atoms with Crippen molar-refractivity contribution in [2.45, 2.75) is 18.6 Å². The lowest BCUT2D eigenvalue weighted by atomic mass is 10.1. The van der Waals surface area contributed by atoms with Crippen LogP contribution in [0.1, 0.15) is 0 Å². The monoisotopic (exact) mass is 432 g/mol. The number of tetrazole rings is 1. The van der Waals surface area contributed by atoms with Gasteiger partial charge in [-0.25, -0.2) is 18.0 Å². The Morgan fingerprint density at radius 2 is 2.10 bits per heavy atom. The molecule has 1 unspecified atom stereocenters. The number of carbonyl (C=O) groups is 1. The number of pyridine rings is 1. The third-order valence-corrected chi connectivity index (χ3v) is 4.63. The van der Waals surface area contributed by atoms with Crippen molar-refractivity contribution in [2.75, 3.05) is 11.4 Å². The highest BCUT2D eigenvalue weighted by Crippen LogP contribution is 2.30. The first-order valence-electron chi connectivity index (χ1n) is 9.00. The van der Waals surface area contributed by atoms with Gasteiger partial charge in [-0.05, 0) is 29.5 Å². The number of anilines is 1. The number of alkyl halides is 2. The lowest BCUT2D eigenvalue weighted by Gasteiger charge is -2.16. The van der Waals surface area contributed by atoms with E-state index >= 15 is 0 Å². The summed E-state index contributed by atoms with van der Waals surface area (Å²) in [5.74, 6) is -0.385. The van der Waals surface area contributed by atoms with Crippen LogP contribution in [0, 0.1) is 5.82 Å². The van der Waals surface area contributed by atoms with Gasteiger partial charge in [-0.15, -0.1) is 15.0 Å². The number of aliphatic hydroxyl groups excluding tert-OH is 1. The van der Waals surface area contributed by atoms with Crippen LogP contribution in [-0.4, -0.2) is 61.6 Å². The van der Waals surface area contributed by atoms with Gasteiger partial charge in [0.1, 0.15) is 11.5 Å². The van der Waals surface area contributed by atoms with E-state index in [0.717, 1.165) is 11.0 Å². The maximum absolute atomic E-state index is 14.7. The molecule has 1 aromatic carbocycles. The Kier molecular flexibility index (Phi) is 5.38. The highest BCUT2D eigenvalue weighted by atomic mass is 19.3. The average Bonchev–Trinajstić information content (AvgIpc) is 3.40. The van der Waals surface area contributed by atoms with Crippen LogP contribution in [0.25, 0.3) is 28.8 Å². The van der Waals surface area contributed by atoms with Gasteiger partial charge in [-0.1, -0.05) is 12.6 Å². The Balaban J connectivity index is 1.54. The maximum atomic E-state index is 14.7. The molecule has 0 aliphatic carbocycles. The minimum atomic E-state index is -3.07. The van der Waals surface area contributed by atoms with Gasteiger partial charge in [0.15, 0.2) is 12.2 Å². The zero-order valence-electron chi connectivity index (χ0n) is 15.8. The van der Waals surface area contributed by atoms with Crippen LogP contribution < -0.4 is 4.90 Å². The highest BCUT2D eigenvalue weighted by Gasteiger charge is 2.40. The van der Waals surface area contributed by atoms with Gasteiger partial charge in [0.25, 0.3) is 6.43 Å². The summed E-state index contributed by atoms with van der Waals surface area (Å²) in [6.45, 7) is 3.20. The molecule has 1 saturated heterocycles. The predicted octanol–water partition coefficient (Wildman–Crippen LogP) is 2.59. The Morgan fingerprint density at radius 1 is 1.29 bits per heavy atom. The van der Waals surface area contributed by atoms with Crippen LogP contribution in [0.4, 0.5) is 23.7 Å². The molecular weight excluding hydrogens is 417 g/mol. The molecule has 1 fully saturated rings. The summed E-state index contributed by atoms with van der Waals surface area (Å²) >= 11 is 0. The number of hydrogen-bond donors (Lipinski definition) is 1. The molecule has 0 bridgehead atoms. The molecule has 1 amide bonds. The zero-order valence-corrected chi connectivity index (χ0v) is 15.8. The molecule has 3 aromatic rings. The van der Waals surface area contributed by atoms with Crippen molar-refractivity contribution in [3.63, 3.8) is 0 Å². The van der Waals surface area contributed by atoms with Crippen LogP contribution in [0.15, 0.2) is 43.1 Å². The number of carbonyl (C=O) groups excluding carboxylic acids is 1. The van der Waals surface area contributed by atoms with E-state index in [1.165, 1.54) is 29.3 Å². The summed E-state index contributed by atoms with van der Waals surface area (Å²) in [6.07, 6.45) is -4.73. The molecule has 0 saturated carbocycles. The number of halogens is 3. The number of amides is 1. The van der Waals surface area contributed by atoms with Gasteiger partial charge in [0, 0.05) is 23.5 Å². The summed E-state index contributed by atoms with van der Waals surface area (Å²) in [4.78, 5) is 18.3. The van der Waals surface area contributed by atoms with E-state index in [9.17, 15) is 23.1 Å².